The summed E-state index contributed by atoms with van der Waals surface area (Å²) in [6.45, 7) is 6.57. The van der Waals surface area contributed by atoms with Gasteiger partial charge < -0.3 is 20.1 Å². The molecule has 0 aliphatic heterocycles. The molecule has 3 N–H and O–H groups in total. The summed E-state index contributed by atoms with van der Waals surface area (Å²) in [6, 6.07) is 0. The second kappa shape index (κ2) is 10.9. The van der Waals surface area contributed by atoms with Crippen molar-refractivity contribution < 1.29 is 20.1 Å². The Bertz CT molecular complexity index is 163. The summed E-state index contributed by atoms with van der Waals surface area (Å²) in [7, 11) is 0. The Balaban J connectivity index is 3.69. The highest BCUT2D eigenvalue weighted by Gasteiger charge is 2.11. The van der Waals surface area contributed by atoms with E-state index in [-0.39, 0.29) is 13.2 Å². The van der Waals surface area contributed by atoms with E-state index in [0.29, 0.717) is 38.8 Å². The predicted molar refractivity (Wildman–Crippen MR) is 66.9 cm³/mol. The second-order valence-electron chi connectivity index (χ2n) is 4.45. The van der Waals surface area contributed by atoms with Crippen molar-refractivity contribution in [1.29, 1.82) is 0 Å². The Hall–Kier alpha value is -0.200. The summed E-state index contributed by atoms with van der Waals surface area (Å²) >= 11 is 0. The maximum absolute atomic E-state index is 9.73. The minimum absolute atomic E-state index is 0.0282. The van der Waals surface area contributed by atoms with Crippen LogP contribution in [0.1, 0.15) is 20.3 Å². The topological polar surface area (TPSA) is 73.2 Å². The van der Waals surface area contributed by atoms with Crippen molar-refractivity contribution in [3.05, 3.63) is 0 Å². The van der Waals surface area contributed by atoms with Gasteiger partial charge in [0, 0.05) is 26.2 Å². The molecule has 2 atom stereocenters. The first-order valence-electron chi connectivity index (χ1n) is 6.33. The number of aliphatic hydroxyl groups excluding tert-OH is 3. The van der Waals surface area contributed by atoms with Gasteiger partial charge in [0.1, 0.15) is 0 Å². The first-order valence-corrected chi connectivity index (χ1v) is 6.33. The second-order valence-corrected chi connectivity index (χ2v) is 4.45. The summed E-state index contributed by atoms with van der Waals surface area (Å²) in [5.41, 5.74) is 0. The van der Waals surface area contributed by atoms with Gasteiger partial charge in [-0.2, -0.15) is 0 Å². The Morgan fingerprint density at radius 1 is 1.12 bits per heavy atom. The van der Waals surface area contributed by atoms with Crippen molar-refractivity contribution in [2.45, 2.75) is 26.4 Å². The van der Waals surface area contributed by atoms with Gasteiger partial charge in [-0.15, -0.1) is 0 Å². The summed E-state index contributed by atoms with van der Waals surface area (Å²) in [5.74, 6) is 0.508. The van der Waals surface area contributed by atoms with Gasteiger partial charge in [-0.3, -0.25) is 4.90 Å². The lowest BCUT2D eigenvalue weighted by Gasteiger charge is -2.23. The molecule has 0 saturated heterocycles. The molecule has 2 unspecified atom stereocenters. The molecule has 0 saturated carbocycles. The summed E-state index contributed by atoms with van der Waals surface area (Å²) in [5, 5.41) is 27.4. The fourth-order valence-electron chi connectivity index (χ4n) is 1.45. The molecule has 104 valence electrons. The SMILES string of the molecule is CCC(C)COCC(O)CN(CCO)CCO. The number of hydrogen-bond donors (Lipinski definition) is 3. The first-order chi connectivity index (χ1) is 8.13. The lowest BCUT2D eigenvalue weighted by atomic mass is 10.1. The van der Waals surface area contributed by atoms with Crippen LogP contribution in [-0.4, -0.2) is 72.4 Å². The summed E-state index contributed by atoms with van der Waals surface area (Å²) < 4.78 is 5.40. The average molecular weight is 249 g/mol. The molecule has 5 nitrogen and oxygen atoms in total. The van der Waals surface area contributed by atoms with E-state index in [1.807, 2.05) is 4.90 Å². The van der Waals surface area contributed by atoms with Crippen LogP contribution in [0.3, 0.4) is 0 Å². The summed E-state index contributed by atoms with van der Waals surface area (Å²) in [6.07, 6.45) is 0.495. The number of ether oxygens (including phenoxy) is 1. The van der Waals surface area contributed by atoms with Gasteiger partial charge in [0.2, 0.25) is 0 Å². The van der Waals surface area contributed by atoms with E-state index in [9.17, 15) is 5.11 Å². The number of rotatable bonds is 11. The molecule has 0 aromatic rings. The van der Waals surface area contributed by atoms with Gasteiger partial charge in [0.25, 0.3) is 0 Å². The van der Waals surface area contributed by atoms with E-state index >= 15 is 0 Å². The van der Waals surface area contributed by atoms with Crippen LogP contribution in [0.5, 0.6) is 0 Å². The largest absolute Gasteiger partial charge is 0.395 e. The van der Waals surface area contributed by atoms with E-state index in [0.717, 1.165) is 6.42 Å². The molecular weight excluding hydrogens is 222 g/mol. The molecule has 0 aliphatic rings. The molecule has 0 spiro atoms. The van der Waals surface area contributed by atoms with E-state index in [1.54, 1.807) is 0 Å². The van der Waals surface area contributed by atoms with Crippen molar-refractivity contribution >= 4 is 0 Å². The van der Waals surface area contributed by atoms with Crippen molar-refractivity contribution in [3.63, 3.8) is 0 Å². The van der Waals surface area contributed by atoms with Crippen LogP contribution in [0.2, 0.25) is 0 Å². The predicted octanol–water partition coefficient (Wildman–Crippen LogP) is -0.303. The van der Waals surface area contributed by atoms with Crippen LogP contribution in [0, 0.1) is 5.92 Å². The van der Waals surface area contributed by atoms with E-state index in [1.165, 1.54) is 0 Å². The van der Waals surface area contributed by atoms with Crippen LogP contribution < -0.4 is 0 Å². The molecule has 0 amide bonds. The fourth-order valence-corrected chi connectivity index (χ4v) is 1.45. The van der Waals surface area contributed by atoms with Crippen LogP contribution in [0.15, 0.2) is 0 Å². The maximum atomic E-state index is 9.73. The quantitative estimate of drug-likeness (QED) is 0.469. The average Bonchev–Trinajstić information content (AvgIpc) is 2.29. The first kappa shape index (κ1) is 16.8. The number of hydrogen-bond acceptors (Lipinski definition) is 5. The van der Waals surface area contributed by atoms with Gasteiger partial charge in [-0.05, 0) is 5.92 Å². The fraction of sp³-hybridized carbons (Fsp3) is 1.00. The Labute approximate surface area is 104 Å². The highest BCUT2D eigenvalue weighted by molar-refractivity contribution is 4.64. The molecular formula is C12H27NO4. The molecule has 0 bridgehead atoms. The molecule has 0 fully saturated rings. The Morgan fingerprint density at radius 3 is 2.18 bits per heavy atom. The molecule has 0 rings (SSSR count). The Morgan fingerprint density at radius 2 is 1.71 bits per heavy atom. The van der Waals surface area contributed by atoms with Gasteiger partial charge in [0.15, 0.2) is 0 Å². The lowest BCUT2D eigenvalue weighted by Crippen LogP contribution is -2.38. The standard InChI is InChI=1S/C12H27NO4/c1-3-11(2)9-17-10-12(16)8-13(4-6-14)5-7-15/h11-12,14-16H,3-10H2,1-2H3. The molecule has 17 heavy (non-hydrogen) atoms. The molecule has 0 aromatic carbocycles. The zero-order valence-electron chi connectivity index (χ0n) is 11.0. The van der Waals surface area contributed by atoms with Gasteiger partial charge in [-0.25, -0.2) is 0 Å². The third kappa shape index (κ3) is 9.50. The third-order valence-corrected chi connectivity index (χ3v) is 2.71. The van der Waals surface area contributed by atoms with E-state index in [2.05, 4.69) is 13.8 Å². The van der Waals surface area contributed by atoms with Crippen LogP contribution in [0.4, 0.5) is 0 Å². The van der Waals surface area contributed by atoms with Crippen molar-refractivity contribution in [3.8, 4) is 0 Å². The molecule has 0 aromatic heterocycles. The van der Waals surface area contributed by atoms with Crippen molar-refractivity contribution in [2.24, 2.45) is 5.92 Å². The third-order valence-electron chi connectivity index (χ3n) is 2.71. The molecule has 5 heteroatoms. The van der Waals surface area contributed by atoms with E-state index in [4.69, 9.17) is 14.9 Å². The maximum Gasteiger partial charge on any atom is 0.0900 e. The van der Waals surface area contributed by atoms with Crippen LogP contribution >= 0.6 is 0 Å². The monoisotopic (exact) mass is 249 g/mol. The van der Waals surface area contributed by atoms with Gasteiger partial charge in [-0.1, -0.05) is 20.3 Å². The minimum atomic E-state index is -0.572. The van der Waals surface area contributed by atoms with Crippen molar-refractivity contribution in [2.75, 3.05) is 46.1 Å². The normalized spacial score (nSPS) is 15.2. The number of aliphatic hydroxyl groups is 3. The zero-order chi connectivity index (χ0) is 13.1. The molecule has 0 radical (unpaired) electrons. The van der Waals surface area contributed by atoms with Crippen LogP contribution in [-0.2, 0) is 4.74 Å². The summed E-state index contributed by atoms with van der Waals surface area (Å²) in [4.78, 5) is 1.82. The van der Waals surface area contributed by atoms with Crippen LogP contribution in [0.25, 0.3) is 0 Å². The highest BCUT2D eigenvalue weighted by Crippen LogP contribution is 2.01. The Kier molecular flexibility index (Phi) is 10.8. The number of nitrogens with zero attached hydrogens (tertiary/aromatic N) is 1. The van der Waals surface area contributed by atoms with E-state index < -0.39 is 6.10 Å². The van der Waals surface area contributed by atoms with Crippen molar-refractivity contribution in [1.82, 2.24) is 4.90 Å². The zero-order valence-corrected chi connectivity index (χ0v) is 11.0. The smallest absolute Gasteiger partial charge is 0.0900 e. The minimum Gasteiger partial charge on any atom is -0.395 e. The highest BCUT2D eigenvalue weighted by atomic mass is 16.5. The van der Waals surface area contributed by atoms with Gasteiger partial charge in [0.05, 0.1) is 25.9 Å². The lowest BCUT2D eigenvalue weighted by molar-refractivity contribution is 0.00187. The molecule has 0 aliphatic carbocycles. The molecule has 0 heterocycles. The van der Waals surface area contributed by atoms with Gasteiger partial charge >= 0.3 is 0 Å².